The number of ether oxygens (including phenoxy) is 2. The first-order valence-corrected chi connectivity index (χ1v) is 6.18. The fraction of sp³-hybridized carbons (Fsp3) is 0.769. The maximum atomic E-state index is 11.4. The molecule has 0 N–H and O–H groups in total. The molecule has 99 valence electrons. The number of esters is 2. The number of carbonyl (C=O) groups excluding carboxylic acids is 2. The number of rotatable bonds is 9. The number of carbonyl (C=O) groups is 2. The number of hydrogen-bond acceptors (Lipinski definition) is 4. The molecule has 0 saturated carbocycles. The second-order valence-electron chi connectivity index (χ2n) is 3.91. The van der Waals surface area contributed by atoms with Gasteiger partial charge in [0.25, 0.3) is 0 Å². The van der Waals surface area contributed by atoms with Gasteiger partial charge in [-0.05, 0) is 26.2 Å². The lowest BCUT2D eigenvalue weighted by atomic mass is 9.96. The number of unbranched alkanes of at least 4 members (excludes halogenated alkanes) is 1. The smallest absolute Gasteiger partial charge is 0.308 e. The Kier molecular flexibility index (Phi) is 9.49. The van der Waals surface area contributed by atoms with Crippen molar-refractivity contribution in [3.63, 3.8) is 0 Å². The Labute approximate surface area is 104 Å². The average molecular weight is 243 g/mol. The van der Waals surface area contributed by atoms with Crippen LogP contribution in [0.4, 0.5) is 0 Å². The van der Waals surface area contributed by atoms with Gasteiger partial charge in [0.1, 0.15) is 0 Å². The van der Waals surface area contributed by atoms with Crippen LogP contribution >= 0.6 is 0 Å². The van der Waals surface area contributed by atoms with Crippen molar-refractivity contribution in [2.45, 2.75) is 45.4 Å². The summed E-state index contributed by atoms with van der Waals surface area (Å²) in [6.07, 6.45) is 4.22. The van der Waals surface area contributed by atoms with Crippen molar-refractivity contribution < 1.29 is 19.1 Å². The molecule has 17 heavy (non-hydrogen) atoms. The summed E-state index contributed by atoms with van der Waals surface area (Å²) in [7, 11) is 1.40. The van der Waals surface area contributed by atoms with E-state index in [2.05, 4.69) is 6.92 Å². The van der Waals surface area contributed by atoms with Gasteiger partial charge in [-0.3, -0.25) is 9.59 Å². The number of methoxy groups -OCH3 is 1. The highest BCUT2D eigenvalue weighted by molar-refractivity contribution is 5.72. The summed E-state index contributed by atoms with van der Waals surface area (Å²) in [6, 6.07) is 0. The normalized spacial score (nSPS) is 11.9. The summed E-state index contributed by atoms with van der Waals surface area (Å²) in [5, 5.41) is 0. The summed E-state index contributed by atoms with van der Waals surface area (Å²) >= 11 is 0. The van der Waals surface area contributed by atoms with Crippen molar-refractivity contribution in [3.05, 3.63) is 6.92 Å². The Hall–Kier alpha value is -1.06. The van der Waals surface area contributed by atoms with Crippen molar-refractivity contribution in [2.24, 2.45) is 5.92 Å². The highest BCUT2D eigenvalue weighted by Crippen LogP contribution is 2.17. The molecule has 0 aliphatic rings. The fourth-order valence-corrected chi connectivity index (χ4v) is 1.69. The maximum absolute atomic E-state index is 11.4. The summed E-state index contributed by atoms with van der Waals surface area (Å²) in [5.41, 5.74) is 0. The van der Waals surface area contributed by atoms with Crippen LogP contribution in [0.1, 0.15) is 45.4 Å². The monoisotopic (exact) mass is 243 g/mol. The third kappa shape index (κ3) is 7.77. The van der Waals surface area contributed by atoms with Crippen LogP contribution in [0.3, 0.4) is 0 Å². The zero-order valence-electron chi connectivity index (χ0n) is 10.9. The largest absolute Gasteiger partial charge is 0.469 e. The van der Waals surface area contributed by atoms with Gasteiger partial charge < -0.3 is 9.47 Å². The highest BCUT2D eigenvalue weighted by Gasteiger charge is 2.17. The molecule has 0 amide bonds. The lowest BCUT2D eigenvalue weighted by Crippen LogP contribution is -2.16. The summed E-state index contributed by atoms with van der Waals surface area (Å²) in [6.45, 7) is 5.95. The van der Waals surface area contributed by atoms with E-state index < -0.39 is 0 Å². The minimum Gasteiger partial charge on any atom is -0.469 e. The minimum atomic E-state index is -0.176. The predicted molar refractivity (Wildman–Crippen MR) is 65.2 cm³/mol. The van der Waals surface area contributed by atoms with E-state index in [1.807, 2.05) is 0 Å². The molecule has 0 aromatic carbocycles. The zero-order valence-corrected chi connectivity index (χ0v) is 10.9. The molecule has 0 saturated heterocycles. The van der Waals surface area contributed by atoms with E-state index in [4.69, 9.17) is 9.47 Å². The van der Waals surface area contributed by atoms with Crippen molar-refractivity contribution in [2.75, 3.05) is 13.7 Å². The summed E-state index contributed by atoms with van der Waals surface area (Å²) in [5.74, 6) is -0.427. The first kappa shape index (κ1) is 15.9. The molecule has 0 bridgehead atoms. The van der Waals surface area contributed by atoms with Crippen LogP contribution in [0, 0.1) is 12.8 Å². The highest BCUT2D eigenvalue weighted by atomic mass is 16.5. The van der Waals surface area contributed by atoms with E-state index in [1.165, 1.54) is 7.11 Å². The molecule has 0 rings (SSSR count). The predicted octanol–water partition coefficient (Wildman–Crippen LogP) is 2.51. The molecule has 1 unspecified atom stereocenters. The van der Waals surface area contributed by atoms with Gasteiger partial charge in [0.15, 0.2) is 0 Å². The van der Waals surface area contributed by atoms with Crippen molar-refractivity contribution in [1.29, 1.82) is 0 Å². The molecular weight excluding hydrogens is 220 g/mol. The zero-order chi connectivity index (χ0) is 13.1. The van der Waals surface area contributed by atoms with Crippen LogP contribution < -0.4 is 0 Å². The van der Waals surface area contributed by atoms with E-state index in [0.29, 0.717) is 13.0 Å². The SMILES string of the molecule is [CH2]CCC(CCCCC(=O)OCC)C(=O)OC. The quantitative estimate of drug-likeness (QED) is 0.461. The summed E-state index contributed by atoms with van der Waals surface area (Å²) < 4.78 is 9.55. The Balaban J connectivity index is 3.74. The molecule has 0 aromatic heterocycles. The van der Waals surface area contributed by atoms with Crippen molar-refractivity contribution in [3.8, 4) is 0 Å². The fourth-order valence-electron chi connectivity index (χ4n) is 1.69. The van der Waals surface area contributed by atoms with Crippen LogP contribution in [0.5, 0.6) is 0 Å². The van der Waals surface area contributed by atoms with Gasteiger partial charge in [0.05, 0.1) is 19.6 Å². The van der Waals surface area contributed by atoms with Gasteiger partial charge in [0.2, 0.25) is 0 Å². The van der Waals surface area contributed by atoms with Gasteiger partial charge in [-0.1, -0.05) is 19.8 Å². The van der Waals surface area contributed by atoms with E-state index in [9.17, 15) is 9.59 Å². The van der Waals surface area contributed by atoms with Crippen molar-refractivity contribution in [1.82, 2.24) is 0 Å². The van der Waals surface area contributed by atoms with E-state index in [-0.39, 0.29) is 17.9 Å². The van der Waals surface area contributed by atoms with Gasteiger partial charge >= 0.3 is 11.9 Å². The van der Waals surface area contributed by atoms with Gasteiger partial charge in [0, 0.05) is 6.42 Å². The van der Waals surface area contributed by atoms with Gasteiger partial charge in [-0.15, -0.1) is 0 Å². The van der Waals surface area contributed by atoms with Crippen LogP contribution in [0.2, 0.25) is 0 Å². The molecule has 0 aliphatic heterocycles. The average Bonchev–Trinajstić information content (AvgIpc) is 2.32. The van der Waals surface area contributed by atoms with E-state index in [1.54, 1.807) is 6.92 Å². The molecule has 1 atom stereocenters. The Morgan fingerprint density at radius 3 is 2.47 bits per heavy atom. The molecule has 0 heterocycles. The Morgan fingerprint density at radius 2 is 1.94 bits per heavy atom. The Morgan fingerprint density at radius 1 is 1.24 bits per heavy atom. The lowest BCUT2D eigenvalue weighted by Gasteiger charge is -2.12. The van der Waals surface area contributed by atoms with E-state index in [0.717, 1.165) is 32.1 Å². The van der Waals surface area contributed by atoms with Gasteiger partial charge in [-0.2, -0.15) is 0 Å². The second-order valence-corrected chi connectivity index (χ2v) is 3.91. The molecule has 0 fully saturated rings. The minimum absolute atomic E-state index is 0.0836. The second kappa shape index (κ2) is 10.1. The number of hydrogen-bond donors (Lipinski definition) is 0. The molecule has 0 spiro atoms. The van der Waals surface area contributed by atoms with Gasteiger partial charge in [-0.25, -0.2) is 0 Å². The molecule has 0 aliphatic carbocycles. The standard InChI is InChI=1S/C13H23O4/c1-4-8-11(13(15)16-3)9-6-7-10-12(14)17-5-2/h11H,1,4-10H2,2-3H3. The first-order valence-electron chi connectivity index (χ1n) is 6.18. The molecule has 0 aromatic rings. The lowest BCUT2D eigenvalue weighted by molar-refractivity contribution is -0.145. The molecule has 4 heteroatoms. The van der Waals surface area contributed by atoms with Crippen LogP contribution in [0.25, 0.3) is 0 Å². The topological polar surface area (TPSA) is 52.6 Å². The first-order chi connectivity index (χ1) is 8.15. The third-order valence-electron chi connectivity index (χ3n) is 2.58. The van der Waals surface area contributed by atoms with Crippen molar-refractivity contribution >= 4 is 11.9 Å². The maximum Gasteiger partial charge on any atom is 0.308 e. The molecule has 4 nitrogen and oxygen atoms in total. The van der Waals surface area contributed by atoms with Crippen LogP contribution in [-0.4, -0.2) is 25.7 Å². The van der Waals surface area contributed by atoms with E-state index >= 15 is 0 Å². The third-order valence-corrected chi connectivity index (χ3v) is 2.58. The Bertz CT molecular complexity index is 225. The molecule has 1 radical (unpaired) electrons. The van der Waals surface area contributed by atoms with Crippen LogP contribution in [0.15, 0.2) is 0 Å². The summed E-state index contributed by atoms with van der Waals surface area (Å²) in [4.78, 5) is 22.5. The molecular formula is C13H23O4. The van der Waals surface area contributed by atoms with Crippen LogP contribution in [-0.2, 0) is 19.1 Å².